The van der Waals surface area contributed by atoms with Crippen LogP contribution < -0.4 is 9.62 Å². The largest absolute Gasteiger partial charge is 0.352 e. The SMILES string of the molecule is CC[C@H](C)NC(=O)[C@@H](C)N(Cc1c(Cl)cccc1Cl)C(=O)CN(c1cccc(C)c1C)S(=O)(=O)c1ccccc1. The van der Waals surface area contributed by atoms with Gasteiger partial charge in [0.25, 0.3) is 10.0 Å². The number of carbonyl (C=O) groups excluding carboxylic acids is 2. The van der Waals surface area contributed by atoms with E-state index in [1.807, 2.05) is 33.8 Å². The van der Waals surface area contributed by atoms with E-state index >= 15 is 0 Å². The number of amides is 2. The fraction of sp³-hybridized carbons (Fsp3) is 0.333. The standard InChI is InChI=1S/C30H35Cl2N3O4S/c1-6-21(3)33-30(37)23(5)34(18-25-26(31)15-11-16-27(25)32)29(36)19-35(28-17-10-12-20(2)22(28)4)40(38,39)24-13-8-7-9-14-24/h7-17,21,23H,6,18-19H2,1-5H3,(H,33,37)/t21-,23+/m0/s1. The number of nitrogens with one attached hydrogen (secondary N) is 1. The molecule has 7 nitrogen and oxygen atoms in total. The number of aryl methyl sites for hydroxylation is 1. The first-order valence-corrected chi connectivity index (χ1v) is 15.2. The van der Waals surface area contributed by atoms with E-state index in [-0.39, 0.29) is 23.4 Å². The highest BCUT2D eigenvalue weighted by atomic mass is 35.5. The highest BCUT2D eigenvalue weighted by Crippen LogP contribution is 2.30. The van der Waals surface area contributed by atoms with Crippen LogP contribution in [0.15, 0.2) is 71.6 Å². The quantitative estimate of drug-likeness (QED) is 0.285. The van der Waals surface area contributed by atoms with Crippen molar-refractivity contribution in [2.24, 2.45) is 0 Å². The van der Waals surface area contributed by atoms with E-state index in [2.05, 4.69) is 5.32 Å². The van der Waals surface area contributed by atoms with Gasteiger partial charge in [-0.1, -0.05) is 66.5 Å². The van der Waals surface area contributed by atoms with Gasteiger partial charge in [-0.25, -0.2) is 8.42 Å². The number of nitrogens with zero attached hydrogens (tertiary/aromatic N) is 2. The molecule has 3 aromatic rings. The summed E-state index contributed by atoms with van der Waals surface area (Å²) >= 11 is 12.9. The molecule has 0 aliphatic heterocycles. The molecule has 0 aromatic heterocycles. The number of halogens is 2. The van der Waals surface area contributed by atoms with Gasteiger partial charge in [0.15, 0.2) is 0 Å². The molecule has 10 heteroatoms. The summed E-state index contributed by atoms with van der Waals surface area (Å²) in [5.41, 5.74) is 2.44. The zero-order valence-electron chi connectivity index (χ0n) is 23.3. The molecule has 0 saturated heterocycles. The van der Waals surface area contributed by atoms with E-state index in [9.17, 15) is 18.0 Å². The maximum atomic E-state index is 14.1. The Balaban J connectivity index is 2.10. The van der Waals surface area contributed by atoms with Gasteiger partial charge in [-0.3, -0.25) is 13.9 Å². The van der Waals surface area contributed by atoms with Crippen molar-refractivity contribution in [1.82, 2.24) is 10.2 Å². The van der Waals surface area contributed by atoms with E-state index < -0.39 is 28.5 Å². The van der Waals surface area contributed by atoms with Crippen molar-refractivity contribution < 1.29 is 18.0 Å². The molecule has 2 amide bonds. The normalized spacial score (nSPS) is 12.9. The fourth-order valence-electron chi connectivity index (χ4n) is 4.14. The number of hydrogen-bond donors (Lipinski definition) is 1. The molecular formula is C30H35Cl2N3O4S. The molecule has 0 aliphatic carbocycles. The molecule has 0 spiro atoms. The number of benzene rings is 3. The lowest BCUT2D eigenvalue weighted by Crippen LogP contribution is -2.52. The first-order chi connectivity index (χ1) is 18.9. The van der Waals surface area contributed by atoms with E-state index in [0.29, 0.717) is 27.7 Å². The molecule has 1 N–H and O–H groups in total. The smallest absolute Gasteiger partial charge is 0.264 e. The van der Waals surface area contributed by atoms with Crippen molar-refractivity contribution in [2.75, 3.05) is 10.8 Å². The molecule has 3 aromatic carbocycles. The van der Waals surface area contributed by atoms with E-state index in [0.717, 1.165) is 15.4 Å². The Morgan fingerprint density at radius 2 is 1.50 bits per heavy atom. The van der Waals surface area contributed by atoms with Crippen LogP contribution in [0.3, 0.4) is 0 Å². The molecule has 3 rings (SSSR count). The minimum atomic E-state index is -4.15. The Kier molecular flexibility index (Phi) is 10.6. The van der Waals surface area contributed by atoms with Gasteiger partial charge in [-0.2, -0.15) is 0 Å². The summed E-state index contributed by atoms with van der Waals surface area (Å²) in [6, 6.07) is 17.2. The average Bonchev–Trinajstić information content (AvgIpc) is 2.93. The first-order valence-electron chi connectivity index (χ1n) is 13.0. The summed E-state index contributed by atoms with van der Waals surface area (Å²) < 4.78 is 29.0. The predicted octanol–water partition coefficient (Wildman–Crippen LogP) is 6.14. The Hall–Kier alpha value is -3.07. The highest BCUT2D eigenvalue weighted by Gasteiger charge is 2.34. The van der Waals surface area contributed by atoms with Gasteiger partial charge in [0.05, 0.1) is 10.6 Å². The van der Waals surface area contributed by atoms with Gasteiger partial charge in [0.1, 0.15) is 12.6 Å². The van der Waals surface area contributed by atoms with Crippen LogP contribution in [-0.2, 0) is 26.2 Å². The van der Waals surface area contributed by atoms with Crippen LogP contribution in [0.2, 0.25) is 10.0 Å². The molecule has 214 valence electrons. The Morgan fingerprint density at radius 3 is 2.10 bits per heavy atom. The van der Waals surface area contributed by atoms with E-state index in [1.165, 1.54) is 17.0 Å². The third-order valence-corrected chi connectivity index (χ3v) is 9.50. The van der Waals surface area contributed by atoms with Crippen molar-refractivity contribution in [2.45, 2.75) is 64.6 Å². The number of anilines is 1. The molecule has 0 fully saturated rings. The van der Waals surface area contributed by atoms with Gasteiger partial charge in [-0.15, -0.1) is 0 Å². The minimum absolute atomic E-state index is 0.0481. The lowest BCUT2D eigenvalue weighted by molar-refractivity contribution is -0.139. The van der Waals surface area contributed by atoms with E-state index in [4.69, 9.17) is 23.2 Å². The van der Waals surface area contributed by atoms with Crippen LogP contribution in [0.4, 0.5) is 5.69 Å². The average molecular weight is 605 g/mol. The molecule has 2 atom stereocenters. The summed E-state index contributed by atoms with van der Waals surface area (Å²) in [5, 5.41) is 3.58. The summed E-state index contributed by atoms with van der Waals surface area (Å²) in [6.45, 7) is 8.49. The van der Waals surface area contributed by atoms with Crippen molar-refractivity contribution >= 4 is 50.7 Å². The summed E-state index contributed by atoms with van der Waals surface area (Å²) in [5.74, 6) is -0.946. The molecule has 0 bridgehead atoms. The van der Waals surface area contributed by atoms with Crippen molar-refractivity contribution in [3.8, 4) is 0 Å². The molecule has 0 aliphatic rings. The monoisotopic (exact) mass is 603 g/mol. The minimum Gasteiger partial charge on any atom is -0.352 e. The Labute approximate surface area is 247 Å². The maximum absolute atomic E-state index is 14.1. The second-order valence-corrected chi connectivity index (χ2v) is 12.4. The molecular weight excluding hydrogens is 569 g/mol. The molecule has 0 heterocycles. The number of hydrogen-bond acceptors (Lipinski definition) is 4. The zero-order chi connectivity index (χ0) is 29.6. The van der Waals surface area contributed by atoms with Gasteiger partial charge < -0.3 is 10.2 Å². The van der Waals surface area contributed by atoms with Crippen molar-refractivity contribution in [3.05, 3.63) is 93.5 Å². The zero-order valence-corrected chi connectivity index (χ0v) is 25.6. The Morgan fingerprint density at radius 1 is 0.900 bits per heavy atom. The lowest BCUT2D eigenvalue weighted by Gasteiger charge is -2.33. The molecule has 0 unspecified atom stereocenters. The third-order valence-electron chi connectivity index (χ3n) is 7.01. The van der Waals surface area contributed by atoms with Crippen LogP contribution in [0, 0.1) is 13.8 Å². The fourth-order valence-corrected chi connectivity index (χ4v) is 6.15. The third kappa shape index (κ3) is 7.16. The number of carbonyl (C=O) groups is 2. The molecule has 0 radical (unpaired) electrons. The molecule has 0 saturated carbocycles. The lowest BCUT2D eigenvalue weighted by atomic mass is 10.1. The van der Waals surface area contributed by atoms with Crippen LogP contribution in [0.5, 0.6) is 0 Å². The maximum Gasteiger partial charge on any atom is 0.264 e. The van der Waals surface area contributed by atoms with Crippen LogP contribution in [-0.4, -0.2) is 43.8 Å². The van der Waals surface area contributed by atoms with Gasteiger partial charge >= 0.3 is 0 Å². The number of rotatable bonds is 11. The highest BCUT2D eigenvalue weighted by molar-refractivity contribution is 7.92. The second kappa shape index (κ2) is 13.5. The first kappa shape index (κ1) is 31.5. The van der Waals surface area contributed by atoms with Gasteiger partial charge in [0.2, 0.25) is 11.8 Å². The van der Waals surface area contributed by atoms with Gasteiger partial charge in [0, 0.05) is 28.2 Å². The number of sulfonamides is 1. The van der Waals surface area contributed by atoms with Crippen molar-refractivity contribution in [1.29, 1.82) is 0 Å². The summed E-state index contributed by atoms with van der Waals surface area (Å²) in [6.07, 6.45) is 0.707. The van der Waals surface area contributed by atoms with E-state index in [1.54, 1.807) is 55.5 Å². The van der Waals surface area contributed by atoms with Crippen LogP contribution in [0.25, 0.3) is 0 Å². The Bertz CT molecular complexity index is 1440. The molecule has 40 heavy (non-hydrogen) atoms. The summed E-state index contributed by atoms with van der Waals surface area (Å²) in [4.78, 5) is 28.6. The van der Waals surface area contributed by atoms with Gasteiger partial charge in [-0.05, 0) is 75.6 Å². The van der Waals surface area contributed by atoms with Crippen LogP contribution in [0.1, 0.15) is 43.9 Å². The predicted molar refractivity (Wildman–Crippen MR) is 161 cm³/mol. The second-order valence-electron chi connectivity index (χ2n) is 9.76. The topological polar surface area (TPSA) is 86.8 Å². The summed E-state index contributed by atoms with van der Waals surface area (Å²) in [7, 11) is -4.15. The van der Waals surface area contributed by atoms with Crippen molar-refractivity contribution in [3.63, 3.8) is 0 Å². The van der Waals surface area contributed by atoms with Crippen LogP contribution >= 0.6 is 23.2 Å².